The van der Waals surface area contributed by atoms with Gasteiger partial charge in [-0.1, -0.05) is 18.2 Å². The molecule has 0 aliphatic heterocycles. The van der Waals surface area contributed by atoms with Crippen LogP contribution in [0.4, 0.5) is 0 Å². The summed E-state index contributed by atoms with van der Waals surface area (Å²) in [5.41, 5.74) is 2.86. The summed E-state index contributed by atoms with van der Waals surface area (Å²) in [5.74, 6) is 1.70. The van der Waals surface area contributed by atoms with Crippen LogP contribution in [0, 0.1) is 0 Å². The van der Waals surface area contributed by atoms with Gasteiger partial charge < -0.3 is 19.7 Å². The molecule has 7 nitrogen and oxygen atoms in total. The van der Waals surface area contributed by atoms with Crippen LogP contribution >= 0.6 is 0 Å². The van der Waals surface area contributed by atoms with Crippen LogP contribution in [0.1, 0.15) is 12.8 Å². The van der Waals surface area contributed by atoms with E-state index in [1.807, 2.05) is 30.3 Å². The van der Waals surface area contributed by atoms with Crippen molar-refractivity contribution in [1.82, 2.24) is 5.43 Å². The van der Waals surface area contributed by atoms with Crippen LogP contribution in [-0.4, -0.2) is 30.2 Å². The molecule has 116 valence electrons. The van der Waals surface area contributed by atoms with Gasteiger partial charge in [0, 0.05) is 12.6 Å². The normalized spacial score (nSPS) is 9.76. The van der Waals surface area contributed by atoms with Crippen LogP contribution in [0.25, 0.3) is 0 Å². The fraction of sp³-hybridized carbons (Fsp3) is 0.286. The molecule has 0 aliphatic rings. The minimum absolute atomic E-state index is 0.447. The molecule has 1 rings (SSSR count). The molecular formula is C14H20N2O5. The van der Waals surface area contributed by atoms with Crippen molar-refractivity contribution >= 4 is 11.9 Å². The molecule has 0 atom stereocenters. The highest BCUT2D eigenvalue weighted by Gasteiger charge is 1.91. The molecule has 0 saturated carbocycles. The second-order valence-corrected chi connectivity index (χ2v) is 3.86. The summed E-state index contributed by atoms with van der Waals surface area (Å²) < 4.78 is 5.50. The van der Waals surface area contributed by atoms with E-state index < -0.39 is 11.9 Å². The lowest BCUT2D eigenvalue weighted by Crippen LogP contribution is -2.64. The maximum atomic E-state index is 9.53. The van der Waals surface area contributed by atoms with Gasteiger partial charge in [0.15, 0.2) is 0 Å². The molecule has 0 unspecified atom stereocenters. The number of rotatable bonds is 8. The Bertz CT molecular complexity index is 418. The summed E-state index contributed by atoms with van der Waals surface area (Å²) >= 11 is 0. The minimum Gasteiger partial charge on any atom is -0.545 e. The van der Waals surface area contributed by atoms with Crippen molar-refractivity contribution in [2.24, 2.45) is 0 Å². The van der Waals surface area contributed by atoms with Gasteiger partial charge in [-0.25, -0.2) is 4.79 Å². The number of benzene rings is 1. The molecule has 0 aliphatic carbocycles. The van der Waals surface area contributed by atoms with Crippen LogP contribution in [0.15, 0.2) is 42.5 Å². The van der Waals surface area contributed by atoms with Gasteiger partial charge in [-0.05, 0) is 31.1 Å². The first-order chi connectivity index (χ1) is 10.1. The number of unbranched alkanes of at least 4 members (excludes halogenated alkanes) is 1. The second-order valence-electron chi connectivity index (χ2n) is 3.86. The van der Waals surface area contributed by atoms with Gasteiger partial charge >= 0.3 is 5.97 Å². The number of carbonyl (C=O) groups excluding carboxylic acids is 1. The van der Waals surface area contributed by atoms with Crippen molar-refractivity contribution in [3.8, 4) is 5.75 Å². The zero-order valence-corrected chi connectivity index (χ0v) is 11.7. The molecule has 21 heavy (non-hydrogen) atoms. The average molecular weight is 296 g/mol. The van der Waals surface area contributed by atoms with Crippen molar-refractivity contribution < 1.29 is 30.4 Å². The number of hydrogen-bond acceptors (Lipinski definition) is 5. The van der Waals surface area contributed by atoms with Gasteiger partial charge in [-0.3, -0.25) is 5.84 Å². The van der Waals surface area contributed by atoms with Crippen LogP contribution in [0.3, 0.4) is 0 Å². The summed E-state index contributed by atoms with van der Waals surface area (Å²) in [4.78, 5) is 19.0. The topological polar surface area (TPSA) is 126 Å². The zero-order valence-electron chi connectivity index (χ0n) is 11.7. The molecule has 0 fully saturated rings. The molecule has 0 saturated heterocycles. The highest BCUT2D eigenvalue weighted by molar-refractivity contribution is 5.88. The molecule has 1 aromatic carbocycles. The third-order valence-corrected chi connectivity index (χ3v) is 2.12. The Morgan fingerprint density at radius 1 is 1.24 bits per heavy atom. The molecule has 7 heteroatoms. The number of quaternary nitrogens is 1. The van der Waals surface area contributed by atoms with E-state index >= 15 is 0 Å². The summed E-state index contributed by atoms with van der Waals surface area (Å²) in [6.07, 6.45) is 3.12. The maximum absolute atomic E-state index is 9.53. The van der Waals surface area contributed by atoms with Crippen LogP contribution < -0.4 is 21.1 Å². The van der Waals surface area contributed by atoms with Crippen molar-refractivity contribution in [1.29, 1.82) is 0 Å². The highest BCUT2D eigenvalue weighted by Crippen LogP contribution is 2.08. The van der Waals surface area contributed by atoms with Crippen molar-refractivity contribution in [2.75, 3.05) is 13.2 Å². The fourth-order valence-electron chi connectivity index (χ4n) is 1.20. The molecule has 0 radical (unpaired) electrons. The van der Waals surface area contributed by atoms with Gasteiger partial charge in [-0.15, -0.1) is 0 Å². The van der Waals surface area contributed by atoms with Gasteiger partial charge in [0.05, 0.1) is 12.6 Å². The summed E-state index contributed by atoms with van der Waals surface area (Å²) in [7, 11) is 0. The van der Waals surface area contributed by atoms with E-state index in [0.717, 1.165) is 31.7 Å². The largest absolute Gasteiger partial charge is 0.545 e. The lowest BCUT2D eigenvalue weighted by molar-refractivity contribution is -0.442. The molecule has 0 aromatic heterocycles. The first kappa shape index (κ1) is 18.6. The Labute approximate surface area is 123 Å². The van der Waals surface area contributed by atoms with Gasteiger partial charge in [0.25, 0.3) is 0 Å². The Morgan fingerprint density at radius 2 is 1.90 bits per heavy atom. The second kappa shape index (κ2) is 12.6. The third-order valence-electron chi connectivity index (χ3n) is 2.12. The monoisotopic (exact) mass is 296 g/mol. The third kappa shape index (κ3) is 13.8. The SMILES string of the molecule is O=C([O-])/C=C\C(=O)O.[NH3+]NCCCCOc1ccccc1. The van der Waals surface area contributed by atoms with E-state index in [1.165, 1.54) is 0 Å². The number of para-hydroxylation sites is 1. The van der Waals surface area contributed by atoms with E-state index in [2.05, 4.69) is 11.3 Å². The van der Waals surface area contributed by atoms with E-state index in [-0.39, 0.29) is 0 Å². The first-order valence-electron chi connectivity index (χ1n) is 6.36. The lowest BCUT2D eigenvalue weighted by atomic mass is 10.3. The standard InChI is InChI=1S/C10H16N2O.C4H4O4/c11-12-8-4-5-9-13-10-6-2-1-3-7-10;5-3(6)1-2-4(7)8/h1-3,6-7,12H,4-5,8-9,11H2;1-2H,(H,5,6)(H,7,8)/b;2-1-. The smallest absolute Gasteiger partial charge is 0.328 e. The van der Waals surface area contributed by atoms with Crippen LogP contribution in [-0.2, 0) is 9.59 Å². The Morgan fingerprint density at radius 3 is 2.38 bits per heavy atom. The fourth-order valence-corrected chi connectivity index (χ4v) is 1.20. The predicted octanol–water partition coefficient (Wildman–Crippen LogP) is -1.03. The van der Waals surface area contributed by atoms with Crippen molar-refractivity contribution in [3.05, 3.63) is 42.5 Å². The molecule has 0 heterocycles. The number of ether oxygens (including phenoxy) is 1. The van der Waals surface area contributed by atoms with Crippen LogP contribution in [0.5, 0.6) is 5.75 Å². The van der Waals surface area contributed by atoms with E-state index in [1.54, 1.807) is 0 Å². The minimum atomic E-state index is -1.51. The van der Waals surface area contributed by atoms with E-state index in [4.69, 9.17) is 9.84 Å². The number of carboxylic acid groups (broad SMARTS) is 2. The maximum Gasteiger partial charge on any atom is 0.328 e. The van der Waals surface area contributed by atoms with Gasteiger partial charge in [-0.2, -0.15) is 5.43 Å². The Balaban J connectivity index is 0.000000433. The number of carboxylic acids is 2. The Hall–Kier alpha value is -2.38. The molecule has 0 bridgehead atoms. The summed E-state index contributed by atoms with van der Waals surface area (Å²) in [5, 5.41) is 17.2. The number of nitrogens with one attached hydrogen (secondary N) is 1. The quantitative estimate of drug-likeness (QED) is 0.320. The average Bonchev–Trinajstić information content (AvgIpc) is 2.47. The number of hydrogen-bond donors (Lipinski definition) is 3. The Kier molecular flexibility index (Phi) is 11.2. The summed E-state index contributed by atoms with van der Waals surface area (Å²) in [6, 6.07) is 9.89. The molecular weight excluding hydrogens is 276 g/mol. The molecule has 0 amide bonds. The number of aliphatic carboxylic acids is 2. The van der Waals surface area contributed by atoms with E-state index in [9.17, 15) is 14.7 Å². The first-order valence-corrected chi connectivity index (χ1v) is 6.36. The molecule has 0 spiro atoms. The van der Waals surface area contributed by atoms with Gasteiger partial charge in [0.1, 0.15) is 5.75 Å². The van der Waals surface area contributed by atoms with E-state index in [0.29, 0.717) is 12.2 Å². The lowest BCUT2D eigenvalue weighted by Gasteiger charge is -2.04. The molecule has 5 N–H and O–H groups in total. The van der Waals surface area contributed by atoms with Crippen LogP contribution in [0.2, 0.25) is 0 Å². The number of carbonyl (C=O) groups is 2. The van der Waals surface area contributed by atoms with Crippen molar-refractivity contribution in [2.45, 2.75) is 12.8 Å². The summed E-state index contributed by atoms with van der Waals surface area (Å²) in [6.45, 7) is 1.74. The molecule has 1 aromatic rings. The highest BCUT2D eigenvalue weighted by atomic mass is 16.5. The van der Waals surface area contributed by atoms with Gasteiger partial charge in [0.2, 0.25) is 0 Å². The predicted molar refractivity (Wildman–Crippen MR) is 73.8 cm³/mol. The van der Waals surface area contributed by atoms with Crippen molar-refractivity contribution in [3.63, 3.8) is 0 Å². The zero-order chi connectivity index (χ0) is 15.9.